The molecule has 0 fully saturated rings. The summed E-state index contributed by atoms with van der Waals surface area (Å²) in [4.78, 5) is 12.2. The van der Waals surface area contributed by atoms with Gasteiger partial charge in [-0.15, -0.1) is 0 Å². The maximum atomic E-state index is 12.2. The summed E-state index contributed by atoms with van der Waals surface area (Å²) in [6.07, 6.45) is 1.81. The quantitative estimate of drug-likeness (QED) is 0.790. The van der Waals surface area contributed by atoms with Gasteiger partial charge in [0.2, 0.25) is 5.91 Å². The molecule has 1 amide bonds. The highest BCUT2D eigenvalue weighted by atomic mass is 16.5. The second-order valence-corrected chi connectivity index (χ2v) is 5.04. The molecule has 3 aromatic heterocycles. The van der Waals surface area contributed by atoms with Gasteiger partial charge >= 0.3 is 0 Å². The van der Waals surface area contributed by atoms with Gasteiger partial charge in [-0.2, -0.15) is 10.2 Å². The number of nitrogens with one attached hydrogen (secondary N) is 1. The molecule has 0 radical (unpaired) electrons. The van der Waals surface area contributed by atoms with E-state index in [2.05, 4.69) is 20.7 Å². The van der Waals surface area contributed by atoms with Crippen LogP contribution in [0.15, 0.2) is 16.8 Å². The highest BCUT2D eigenvalue weighted by Gasteiger charge is 2.19. The van der Waals surface area contributed by atoms with Crippen molar-refractivity contribution in [2.45, 2.75) is 26.8 Å². The molecular formula is C13H16N6O2. The van der Waals surface area contributed by atoms with Crippen LogP contribution in [-0.4, -0.2) is 30.6 Å². The highest BCUT2D eigenvalue weighted by Crippen LogP contribution is 2.18. The van der Waals surface area contributed by atoms with Crippen molar-refractivity contribution < 1.29 is 9.32 Å². The van der Waals surface area contributed by atoms with E-state index >= 15 is 0 Å². The Morgan fingerprint density at radius 1 is 1.38 bits per heavy atom. The third kappa shape index (κ3) is 2.28. The van der Waals surface area contributed by atoms with Gasteiger partial charge < -0.3 is 9.84 Å². The molecule has 8 nitrogen and oxygen atoms in total. The van der Waals surface area contributed by atoms with Crippen molar-refractivity contribution in [3.8, 4) is 0 Å². The third-order valence-electron chi connectivity index (χ3n) is 3.36. The summed E-state index contributed by atoms with van der Waals surface area (Å²) < 4.78 is 8.30. The third-order valence-corrected chi connectivity index (χ3v) is 3.36. The Kier molecular flexibility index (Phi) is 3.00. The van der Waals surface area contributed by atoms with Gasteiger partial charge in [0, 0.05) is 13.1 Å². The number of fused-ring (bicyclic) bond motifs is 1. The van der Waals surface area contributed by atoms with E-state index in [1.807, 2.05) is 20.2 Å². The normalized spacial score (nSPS) is 12.8. The molecule has 0 spiro atoms. The zero-order valence-corrected chi connectivity index (χ0v) is 12.3. The lowest BCUT2D eigenvalue weighted by atomic mass is 10.3. The molecule has 21 heavy (non-hydrogen) atoms. The number of anilines is 1. The van der Waals surface area contributed by atoms with Gasteiger partial charge in [0.1, 0.15) is 22.8 Å². The number of carbonyl (C=O) groups is 1. The molecule has 8 heteroatoms. The summed E-state index contributed by atoms with van der Waals surface area (Å²) in [5.41, 5.74) is 2.53. The standard InChI is InChI=1S/C13H16N6O2/c1-7-5-11(17-21-7)14-13(20)9(3)19-6-10-12(16-19)8(2)15-18(10)4/h5-6,9H,1-4H3,(H,14,17,20)/t9-/m0/s1. The van der Waals surface area contributed by atoms with E-state index in [9.17, 15) is 4.79 Å². The fraction of sp³-hybridized carbons (Fsp3) is 0.385. The Balaban J connectivity index is 1.84. The summed E-state index contributed by atoms with van der Waals surface area (Å²) in [6, 6.07) is 1.20. The summed E-state index contributed by atoms with van der Waals surface area (Å²) in [5, 5.41) is 15.2. The van der Waals surface area contributed by atoms with Crippen LogP contribution in [0.4, 0.5) is 5.82 Å². The molecule has 3 aromatic rings. The summed E-state index contributed by atoms with van der Waals surface area (Å²) in [6.45, 7) is 5.43. The van der Waals surface area contributed by atoms with Crippen molar-refractivity contribution in [2.75, 3.05) is 5.32 Å². The monoisotopic (exact) mass is 288 g/mol. The van der Waals surface area contributed by atoms with Crippen LogP contribution >= 0.6 is 0 Å². The molecule has 0 bridgehead atoms. The molecule has 0 aliphatic carbocycles. The maximum absolute atomic E-state index is 12.2. The number of hydrogen-bond donors (Lipinski definition) is 1. The van der Waals surface area contributed by atoms with Crippen LogP contribution < -0.4 is 5.32 Å². The Hall–Kier alpha value is -2.64. The molecular weight excluding hydrogens is 272 g/mol. The minimum atomic E-state index is -0.464. The molecule has 1 N–H and O–H groups in total. The van der Waals surface area contributed by atoms with E-state index < -0.39 is 6.04 Å². The van der Waals surface area contributed by atoms with Gasteiger partial charge in [-0.1, -0.05) is 5.16 Å². The largest absolute Gasteiger partial charge is 0.360 e. The van der Waals surface area contributed by atoms with Crippen LogP contribution in [0.1, 0.15) is 24.4 Å². The number of amides is 1. The van der Waals surface area contributed by atoms with E-state index in [-0.39, 0.29) is 5.91 Å². The van der Waals surface area contributed by atoms with Crippen molar-refractivity contribution in [1.29, 1.82) is 0 Å². The van der Waals surface area contributed by atoms with Gasteiger partial charge in [-0.3, -0.25) is 14.2 Å². The predicted octanol–water partition coefficient (Wildman–Crippen LogP) is 1.57. The lowest BCUT2D eigenvalue weighted by Crippen LogP contribution is -2.24. The molecule has 3 heterocycles. The SMILES string of the molecule is Cc1cc(NC(=O)[C@H](C)n2cc3c(n2)c(C)nn3C)no1. The number of aromatic nitrogens is 5. The zero-order valence-electron chi connectivity index (χ0n) is 12.3. The summed E-state index contributed by atoms with van der Waals surface area (Å²) in [7, 11) is 1.85. The molecule has 1 atom stereocenters. The summed E-state index contributed by atoms with van der Waals surface area (Å²) >= 11 is 0. The Labute approximate surface area is 120 Å². The van der Waals surface area contributed by atoms with E-state index in [0.717, 1.165) is 16.7 Å². The van der Waals surface area contributed by atoms with Crippen LogP contribution in [0.2, 0.25) is 0 Å². The molecule has 0 aliphatic rings. The number of rotatable bonds is 3. The van der Waals surface area contributed by atoms with Gasteiger partial charge in [0.15, 0.2) is 5.82 Å². The van der Waals surface area contributed by atoms with Gasteiger partial charge in [-0.25, -0.2) is 0 Å². The Morgan fingerprint density at radius 2 is 2.14 bits per heavy atom. The lowest BCUT2D eigenvalue weighted by molar-refractivity contribution is -0.119. The second kappa shape index (κ2) is 4.72. The molecule has 0 aromatic carbocycles. The molecule has 0 aliphatic heterocycles. The van der Waals surface area contributed by atoms with Gasteiger partial charge in [-0.05, 0) is 20.8 Å². The van der Waals surface area contributed by atoms with Crippen LogP contribution in [0.5, 0.6) is 0 Å². The first-order valence-electron chi connectivity index (χ1n) is 6.58. The van der Waals surface area contributed by atoms with E-state index in [1.54, 1.807) is 29.3 Å². The van der Waals surface area contributed by atoms with E-state index in [0.29, 0.717) is 11.6 Å². The average molecular weight is 288 g/mol. The van der Waals surface area contributed by atoms with Crippen molar-refractivity contribution in [1.82, 2.24) is 24.7 Å². The maximum Gasteiger partial charge on any atom is 0.250 e. The number of nitrogens with zero attached hydrogens (tertiary/aromatic N) is 5. The summed E-state index contributed by atoms with van der Waals surface area (Å²) in [5.74, 6) is 0.838. The number of carbonyl (C=O) groups excluding carboxylic acids is 1. The first-order chi connectivity index (χ1) is 9.95. The van der Waals surface area contributed by atoms with Crippen LogP contribution in [0.25, 0.3) is 11.0 Å². The van der Waals surface area contributed by atoms with Crippen molar-refractivity contribution in [3.63, 3.8) is 0 Å². The van der Waals surface area contributed by atoms with Crippen molar-refractivity contribution >= 4 is 22.8 Å². The van der Waals surface area contributed by atoms with E-state index in [4.69, 9.17) is 4.52 Å². The molecule has 0 unspecified atom stereocenters. The molecule has 110 valence electrons. The van der Waals surface area contributed by atoms with Crippen molar-refractivity contribution in [2.24, 2.45) is 7.05 Å². The number of hydrogen-bond acceptors (Lipinski definition) is 5. The fourth-order valence-electron chi connectivity index (χ4n) is 2.18. The Bertz CT molecular complexity index is 777. The zero-order chi connectivity index (χ0) is 15.1. The van der Waals surface area contributed by atoms with Crippen molar-refractivity contribution in [3.05, 3.63) is 23.7 Å². The van der Waals surface area contributed by atoms with Crippen LogP contribution in [0, 0.1) is 13.8 Å². The molecule has 3 rings (SSSR count). The average Bonchev–Trinajstić information content (AvgIpc) is 3.09. The Morgan fingerprint density at radius 3 is 2.76 bits per heavy atom. The molecule has 0 saturated carbocycles. The second-order valence-electron chi connectivity index (χ2n) is 5.04. The van der Waals surface area contributed by atoms with Gasteiger partial charge in [0.05, 0.1) is 11.9 Å². The van der Waals surface area contributed by atoms with E-state index in [1.165, 1.54) is 0 Å². The van der Waals surface area contributed by atoms with Crippen LogP contribution in [0.3, 0.4) is 0 Å². The van der Waals surface area contributed by atoms with Gasteiger partial charge in [0.25, 0.3) is 0 Å². The molecule has 0 saturated heterocycles. The first kappa shape index (κ1) is 13.3. The predicted molar refractivity (Wildman–Crippen MR) is 75.8 cm³/mol. The highest BCUT2D eigenvalue weighted by molar-refractivity contribution is 5.92. The van der Waals surface area contributed by atoms with Crippen LogP contribution in [-0.2, 0) is 11.8 Å². The first-order valence-corrected chi connectivity index (χ1v) is 6.58. The number of aryl methyl sites for hydroxylation is 3. The minimum Gasteiger partial charge on any atom is -0.360 e. The fourth-order valence-corrected chi connectivity index (χ4v) is 2.18. The topological polar surface area (TPSA) is 90.8 Å². The lowest BCUT2D eigenvalue weighted by Gasteiger charge is -2.10. The smallest absolute Gasteiger partial charge is 0.250 e. The minimum absolute atomic E-state index is 0.207.